The molecule has 0 fully saturated rings. The molecule has 0 radical (unpaired) electrons. The van der Waals surface area contributed by atoms with Gasteiger partial charge in [-0.15, -0.1) is 11.3 Å². The number of carbonyl (C=O) groups is 1. The van der Waals surface area contributed by atoms with E-state index < -0.39 is 0 Å². The van der Waals surface area contributed by atoms with E-state index in [4.69, 9.17) is 16.6 Å². The van der Waals surface area contributed by atoms with Crippen LogP contribution in [0, 0.1) is 13.8 Å². The van der Waals surface area contributed by atoms with Crippen LogP contribution in [-0.2, 0) is 17.6 Å². The molecular formula is C31H36ClN3OS2. The first-order valence-corrected chi connectivity index (χ1v) is 15.1. The SMILES string of the molecule is CC.CC.Cc1ccccc1SN1CCc2cc(-c3nc(NC(=O)Cc4ccc(Cl)cc4)sc3C)ccc21. The van der Waals surface area contributed by atoms with Gasteiger partial charge in [0.25, 0.3) is 0 Å². The Balaban J connectivity index is 0.000000956. The Morgan fingerprint density at radius 3 is 2.45 bits per heavy atom. The van der Waals surface area contributed by atoms with E-state index in [0.29, 0.717) is 16.6 Å². The summed E-state index contributed by atoms with van der Waals surface area (Å²) in [6.45, 7) is 13.2. The number of aryl methyl sites for hydroxylation is 2. The lowest BCUT2D eigenvalue weighted by Gasteiger charge is -2.19. The molecule has 0 saturated heterocycles. The lowest BCUT2D eigenvalue weighted by Crippen LogP contribution is -2.14. The second kappa shape index (κ2) is 14.4. The molecule has 2 heterocycles. The average molecular weight is 566 g/mol. The molecule has 1 aliphatic heterocycles. The van der Waals surface area contributed by atoms with Crippen LogP contribution in [0.15, 0.2) is 71.6 Å². The predicted molar refractivity (Wildman–Crippen MR) is 167 cm³/mol. The fraction of sp³-hybridized carbons (Fsp3) is 0.290. The molecule has 200 valence electrons. The number of thiazole rings is 1. The van der Waals surface area contributed by atoms with Crippen molar-refractivity contribution in [1.29, 1.82) is 0 Å². The normalized spacial score (nSPS) is 11.6. The van der Waals surface area contributed by atoms with Gasteiger partial charge in [-0.25, -0.2) is 4.98 Å². The third kappa shape index (κ3) is 7.40. The Kier molecular flexibility index (Phi) is 11.3. The van der Waals surface area contributed by atoms with Gasteiger partial charge < -0.3 is 9.62 Å². The third-order valence-electron chi connectivity index (χ3n) is 5.83. The number of aromatic nitrogens is 1. The van der Waals surface area contributed by atoms with Crippen LogP contribution in [0.3, 0.4) is 0 Å². The molecule has 0 bridgehead atoms. The van der Waals surface area contributed by atoms with E-state index in [-0.39, 0.29) is 5.91 Å². The van der Waals surface area contributed by atoms with Crippen LogP contribution in [0.25, 0.3) is 11.3 Å². The van der Waals surface area contributed by atoms with Gasteiger partial charge in [0, 0.05) is 26.9 Å². The van der Waals surface area contributed by atoms with Crippen LogP contribution in [0.4, 0.5) is 10.8 Å². The molecule has 1 N–H and O–H groups in total. The maximum absolute atomic E-state index is 12.5. The van der Waals surface area contributed by atoms with E-state index in [9.17, 15) is 4.79 Å². The Hall–Kier alpha value is -2.80. The molecule has 38 heavy (non-hydrogen) atoms. The van der Waals surface area contributed by atoms with Gasteiger partial charge in [0.15, 0.2) is 5.13 Å². The van der Waals surface area contributed by atoms with Crippen molar-refractivity contribution in [3.63, 3.8) is 0 Å². The zero-order valence-electron chi connectivity index (χ0n) is 23.0. The largest absolute Gasteiger partial charge is 0.312 e. The van der Waals surface area contributed by atoms with E-state index >= 15 is 0 Å². The molecule has 1 amide bonds. The van der Waals surface area contributed by atoms with E-state index in [0.717, 1.165) is 34.7 Å². The number of anilines is 2. The van der Waals surface area contributed by atoms with Crippen LogP contribution in [-0.4, -0.2) is 17.4 Å². The van der Waals surface area contributed by atoms with E-state index in [2.05, 4.69) is 65.9 Å². The van der Waals surface area contributed by atoms with Crippen molar-refractivity contribution in [2.75, 3.05) is 16.2 Å². The minimum absolute atomic E-state index is 0.0829. The lowest BCUT2D eigenvalue weighted by molar-refractivity contribution is -0.115. The van der Waals surface area contributed by atoms with Crippen LogP contribution < -0.4 is 9.62 Å². The lowest BCUT2D eigenvalue weighted by atomic mass is 10.1. The number of carbonyl (C=O) groups excluding carboxylic acids is 1. The summed E-state index contributed by atoms with van der Waals surface area (Å²) in [5.41, 5.74) is 6.83. The molecular weight excluding hydrogens is 530 g/mol. The second-order valence-corrected chi connectivity index (χ2v) is 11.0. The van der Waals surface area contributed by atoms with Gasteiger partial charge in [-0.2, -0.15) is 0 Å². The fourth-order valence-corrected chi connectivity index (χ4v) is 6.09. The molecule has 1 aromatic heterocycles. The maximum atomic E-state index is 12.5. The number of amides is 1. The molecule has 0 spiro atoms. The van der Waals surface area contributed by atoms with E-state index in [1.165, 1.54) is 33.0 Å². The quantitative estimate of drug-likeness (QED) is 0.236. The first-order chi connectivity index (χ1) is 18.5. The zero-order valence-corrected chi connectivity index (χ0v) is 25.4. The summed E-state index contributed by atoms with van der Waals surface area (Å²) in [5.74, 6) is -0.0829. The van der Waals surface area contributed by atoms with Crippen molar-refractivity contribution in [2.24, 2.45) is 0 Å². The second-order valence-electron chi connectivity index (χ2n) is 8.33. The highest BCUT2D eigenvalue weighted by molar-refractivity contribution is 8.00. The van der Waals surface area contributed by atoms with Crippen molar-refractivity contribution in [3.8, 4) is 11.3 Å². The summed E-state index contributed by atoms with van der Waals surface area (Å²) in [6, 6.07) is 22.4. The third-order valence-corrected chi connectivity index (χ3v) is 8.22. The first kappa shape index (κ1) is 29.8. The Labute approximate surface area is 240 Å². The predicted octanol–water partition coefficient (Wildman–Crippen LogP) is 9.38. The minimum Gasteiger partial charge on any atom is -0.312 e. The van der Waals surface area contributed by atoms with Crippen molar-refractivity contribution in [2.45, 2.75) is 59.3 Å². The van der Waals surface area contributed by atoms with Gasteiger partial charge in [-0.05, 0) is 79.2 Å². The topological polar surface area (TPSA) is 45.2 Å². The van der Waals surface area contributed by atoms with Crippen molar-refractivity contribution >= 4 is 51.6 Å². The molecule has 4 nitrogen and oxygen atoms in total. The highest BCUT2D eigenvalue weighted by Crippen LogP contribution is 2.40. The molecule has 3 aromatic carbocycles. The van der Waals surface area contributed by atoms with Crippen molar-refractivity contribution in [1.82, 2.24) is 4.98 Å². The Morgan fingerprint density at radius 2 is 1.74 bits per heavy atom. The molecule has 5 rings (SSSR count). The minimum atomic E-state index is -0.0829. The number of fused-ring (bicyclic) bond motifs is 1. The molecule has 7 heteroatoms. The number of halogens is 1. The van der Waals surface area contributed by atoms with Gasteiger partial charge in [0.2, 0.25) is 5.91 Å². The molecule has 0 aliphatic carbocycles. The maximum Gasteiger partial charge on any atom is 0.230 e. The molecule has 0 saturated carbocycles. The van der Waals surface area contributed by atoms with Gasteiger partial charge in [-0.1, -0.05) is 75.7 Å². The number of hydrogen-bond acceptors (Lipinski definition) is 5. The standard InChI is InChI=1S/C27H24ClN3OS2.2C2H6/c1-17-5-3-4-6-24(17)34-31-14-13-20-16-21(9-12-23(20)31)26-18(2)33-27(30-26)29-25(32)15-19-7-10-22(28)11-8-19;2*1-2/h3-12,16H,13-15H2,1-2H3,(H,29,30,32);2*1-2H3. The van der Waals surface area contributed by atoms with Gasteiger partial charge in [-0.3, -0.25) is 4.79 Å². The van der Waals surface area contributed by atoms with Crippen molar-refractivity contribution in [3.05, 3.63) is 93.3 Å². The number of benzene rings is 3. The monoisotopic (exact) mass is 565 g/mol. The fourth-order valence-electron chi connectivity index (χ4n) is 4.06. The summed E-state index contributed by atoms with van der Waals surface area (Å²) >= 11 is 9.24. The van der Waals surface area contributed by atoms with E-state index in [1.807, 2.05) is 39.8 Å². The van der Waals surface area contributed by atoms with Crippen molar-refractivity contribution < 1.29 is 4.79 Å². The van der Waals surface area contributed by atoms with Crippen LogP contribution in [0.1, 0.15) is 49.3 Å². The first-order valence-electron chi connectivity index (χ1n) is 13.1. The summed E-state index contributed by atoms with van der Waals surface area (Å²) in [4.78, 5) is 19.6. The van der Waals surface area contributed by atoms with E-state index in [1.54, 1.807) is 24.1 Å². The smallest absolute Gasteiger partial charge is 0.230 e. The molecule has 0 atom stereocenters. The zero-order chi connectivity index (χ0) is 27.7. The summed E-state index contributed by atoms with van der Waals surface area (Å²) < 4.78 is 2.37. The summed E-state index contributed by atoms with van der Waals surface area (Å²) in [7, 11) is 0. The average Bonchev–Trinajstić information content (AvgIpc) is 3.51. The summed E-state index contributed by atoms with van der Waals surface area (Å²) in [6.07, 6.45) is 1.30. The van der Waals surface area contributed by atoms with Crippen LogP contribution in [0.5, 0.6) is 0 Å². The van der Waals surface area contributed by atoms with Gasteiger partial charge in [0.1, 0.15) is 0 Å². The number of nitrogens with one attached hydrogen (secondary N) is 1. The molecule has 1 aliphatic rings. The molecule has 4 aromatic rings. The van der Waals surface area contributed by atoms with Gasteiger partial charge >= 0.3 is 0 Å². The number of hydrogen-bond donors (Lipinski definition) is 1. The molecule has 0 unspecified atom stereocenters. The number of nitrogens with zero attached hydrogens (tertiary/aromatic N) is 2. The Morgan fingerprint density at radius 1 is 1.03 bits per heavy atom. The number of rotatable bonds is 6. The highest BCUT2D eigenvalue weighted by atomic mass is 35.5. The van der Waals surface area contributed by atoms with Crippen LogP contribution in [0.2, 0.25) is 5.02 Å². The van der Waals surface area contributed by atoms with Crippen LogP contribution >= 0.6 is 34.9 Å². The van der Waals surface area contributed by atoms with Gasteiger partial charge in [0.05, 0.1) is 17.8 Å². The summed E-state index contributed by atoms with van der Waals surface area (Å²) in [5, 5.41) is 4.24. The Bertz CT molecular complexity index is 1350. The highest BCUT2D eigenvalue weighted by Gasteiger charge is 2.22.